The number of aromatic nitrogens is 2. The smallest absolute Gasteiger partial charge is 0.328 e. The van der Waals surface area contributed by atoms with Gasteiger partial charge in [0.2, 0.25) is 0 Å². The molecule has 2 atom stereocenters. The molecule has 8 nitrogen and oxygen atoms in total. The second kappa shape index (κ2) is 9.69. The Hall–Kier alpha value is -2.68. The highest BCUT2D eigenvalue weighted by Crippen LogP contribution is 2.37. The summed E-state index contributed by atoms with van der Waals surface area (Å²) in [5.41, 5.74) is 2.63. The van der Waals surface area contributed by atoms with Crippen molar-refractivity contribution < 1.29 is 19.1 Å². The van der Waals surface area contributed by atoms with Gasteiger partial charge in [0.05, 0.1) is 26.2 Å². The Morgan fingerprint density at radius 3 is 2.90 bits per heavy atom. The summed E-state index contributed by atoms with van der Waals surface area (Å²) in [6.45, 7) is 0.486. The average molecular weight is 419 g/mol. The fraction of sp³-hybridized carbons (Fsp3) is 0.450. The Morgan fingerprint density at radius 2 is 2.17 bits per heavy atom. The number of benzene rings is 1. The molecule has 0 saturated carbocycles. The Kier molecular flexibility index (Phi) is 7.03. The van der Waals surface area contributed by atoms with Gasteiger partial charge in [0.1, 0.15) is 17.8 Å². The van der Waals surface area contributed by atoms with E-state index < -0.39 is 18.1 Å². The van der Waals surface area contributed by atoms with E-state index in [1.165, 1.54) is 7.11 Å². The zero-order chi connectivity index (χ0) is 20.8. The third-order valence-electron chi connectivity index (χ3n) is 5.01. The Morgan fingerprint density at radius 1 is 1.38 bits per heavy atom. The fourth-order valence-corrected chi connectivity index (χ4v) is 4.03. The van der Waals surface area contributed by atoms with Gasteiger partial charge < -0.3 is 24.7 Å². The molecule has 0 bridgehead atoms. The van der Waals surface area contributed by atoms with Crippen LogP contribution in [-0.2, 0) is 16.0 Å². The van der Waals surface area contributed by atoms with Gasteiger partial charge in [-0.25, -0.2) is 14.6 Å². The highest BCUT2D eigenvalue weighted by Gasteiger charge is 2.37. The van der Waals surface area contributed by atoms with Gasteiger partial charge in [0.15, 0.2) is 0 Å². The van der Waals surface area contributed by atoms with E-state index >= 15 is 0 Å². The summed E-state index contributed by atoms with van der Waals surface area (Å²) in [5, 5.41) is 2.85. The largest absolute Gasteiger partial charge is 0.496 e. The summed E-state index contributed by atoms with van der Waals surface area (Å²) < 4.78 is 10.4. The number of rotatable bonds is 7. The lowest BCUT2D eigenvalue weighted by Crippen LogP contribution is -2.51. The number of urea groups is 1. The zero-order valence-corrected chi connectivity index (χ0v) is 17.6. The second-order valence-electron chi connectivity index (χ2n) is 6.66. The molecule has 2 N–H and O–H groups in total. The maximum Gasteiger partial charge on any atom is 0.328 e. The molecule has 2 aromatic rings. The number of hydrogen-bond acceptors (Lipinski definition) is 6. The number of thioether (sulfide) groups is 1. The van der Waals surface area contributed by atoms with E-state index in [0.717, 1.165) is 22.7 Å². The van der Waals surface area contributed by atoms with Crippen molar-refractivity contribution in [3.8, 4) is 5.75 Å². The minimum absolute atomic E-state index is 0.328. The van der Waals surface area contributed by atoms with Crippen LogP contribution in [0.4, 0.5) is 4.79 Å². The highest BCUT2D eigenvalue weighted by atomic mass is 32.2. The van der Waals surface area contributed by atoms with Crippen molar-refractivity contribution in [1.82, 2.24) is 20.2 Å². The van der Waals surface area contributed by atoms with Crippen LogP contribution in [0.25, 0.3) is 0 Å². The third-order valence-corrected chi connectivity index (χ3v) is 5.66. The van der Waals surface area contributed by atoms with E-state index in [1.807, 2.05) is 30.5 Å². The normalized spacial score (nSPS) is 16.7. The van der Waals surface area contributed by atoms with Gasteiger partial charge in [-0.05, 0) is 24.5 Å². The molecule has 2 heterocycles. The Balaban J connectivity index is 1.92. The number of nitrogens with one attached hydrogen (secondary N) is 2. The van der Waals surface area contributed by atoms with Crippen LogP contribution in [0.5, 0.6) is 5.75 Å². The van der Waals surface area contributed by atoms with Crippen LogP contribution < -0.4 is 10.1 Å². The summed E-state index contributed by atoms with van der Waals surface area (Å²) in [5.74, 6) is 0.969. The van der Waals surface area contributed by atoms with Gasteiger partial charge in [-0.1, -0.05) is 18.2 Å². The number of nitrogens with zero attached hydrogens (tertiary/aromatic N) is 2. The molecule has 0 spiro atoms. The molecule has 0 saturated heterocycles. The van der Waals surface area contributed by atoms with Crippen molar-refractivity contribution in [2.45, 2.75) is 24.9 Å². The number of esters is 1. The molecule has 1 aromatic heterocycles. The Bertz CT molecular complexity index is 857. The number of fused-ring (bicyclic) bond motifs is 1. The first-order valence-electron chi connectivity index (χ1n) is 9.39. The molecule has 3 rings (SSSR count). The molecular weight excluding hydrogens is 392 g/mol. The van der Waals surface area contributed by atoms with Gasteiger partial charge in [0.25, 0.3) is 0 Å². The number of imidazole rings is 1. The van der Waals surface area contributed by atoms with Gasteiger partial charge in [0, 0.05) is 24.2 Å². The monoisotopic (exact) mass is 418 g/mol. The number of aromatic amines is 1. The number of carbonyl (C=O) groups excluding carboxylic acids is 2. The average Bonchev–Trinajstić information content (AvgIpc) is 3.24. The molecule has 2 amide bonds. The lowest BCUT2D eigenvalue weighted by Gasteiger charge is -2.36. The molecule has 1 aliphatic rings. The topological polar surface area (TPSA) is 96.6 Å². The predicted molar refractivity (Wildman–Crippen MR) is 111 cm³/mol. The summed E-state index contributed by atoms with van der Waals surface area (Å²) in [6, 6.07) is 6.15. The molecule has 1 aliphatic heterocycles. The lowest BCUT2D eigenvalue weighted by atomic mass is 9.95. The first-order chi connectivity index (χ1) is 14.1. The standard InChI is InChI=1S/C20H26N4O4S/c1-27-16-7-5-4-6-13(16)18-17-14(21-12-22-17)8-10-24(18)20(26)23-15(9-11-29-3)19(25)28-2/h4-7,12,15,18H,8-11H2,1-3H3,(H,21,22)(H,23,26)/t15-,18-/m0/s1. The summed E-state index contributed by atoms with van der Waals surface area (Å²) in [7, 11) is 2.93. The third kappa shape index (κ3) is 4.50. The molecular formula is C20H26N4O4S. The van der Waals surface area contributed by atoms with Crippen molar-refractivity contribution in [3.63, 3.8) is 0 Å². The molecule has 0 radical (unpaired) electrons. The van der Waals surface area contributed by atoms with Crippen molar-refractivity contribution in [1.29, 1.82) is 0 Å². The lowest BCUT2D eigenvalue weighted by molar-refractivity contribution is -0.142. The van der Waals surface area contributed by atoms with Crippen LogP contribution in [0, 0.1) is 0 Å². The van der Waals surface area contributed by atoms with Crippen LogP contribution >= 0.6 is 11.8 Å². The van der Waals surface area contributed by atoms with E-state index in [9.17, 15) is 9.59 Å². The van der Waals surface area contributed by atoms with Crippen LogP contribution in [0.15, 0.2) is 30.6 Å². The molecule has 29 heavy (non-hydrogen) atoms. The number of carbonyl (C=O) groups is 2. The fourth-order valence-electron chi connectivity index (χ4n) is 3.56. The van der Waals surface area contributed by atoms with Crippen LogP contribution in [-0.4, -0.2) is 65.7 Å². The van der Waals surface area contributed by atoms with Gasteiger partial charge >= 0.3 is 12.0 Å². The van der Waals surface area contributed by atoms with Gasteiger partial charge in [-0.3, -0.25) is 0 Å². The molecule has 0 unspecified atom stereocenters. The molecule has 9 heteroatoms. The number of ether oxygens (including phenoxy) is 2. The minimum atomic E-state index is -0.696. The van der Waals surface area contributed by atoms with Gasteiger partial charge in [-0.2, -0.15) is 11.8 Å². The number of hydrogen-bond donors (Lipinski definition) is 2. The molecule has 1 aromatic carbocycles. The number of para-hydroxylation sites is 1. The van der Waals surface area contributed by atoms with E-state index in [-0.39, 0.29) is 6.03 Å². The molecule has 156 valence electrons. The van der Waals surface area contributed by atoms with Gasteiger partial charge in [-0.15, -0.1) is 0 Å². The summed E-state index contributed by atoms with van der Waals surface area (Å²) >= 11 is 1.61. The quantitative estimate of drug-likeness (QED) is 0.670. The number of H-pyrrole nitrogens is 1. The SMILES string of the molecule is COC(=O)[C@H](CCSC)NC(=O)N1CCc2[nH]cnc2[C@@H]1c1ccccc1OC. The predicted octanol–water partition coefficient (Wildman–Crippen LogP) is 2.37. The Labute approximate surface area is 174 Å². The van der Waals surface area contributed by atoms with E-state index in [1.54, 1.807) is 30.1 Å². The maximum absolute atomic E-state index is 13.2. The number of methoxy groups -OCH3 is 2. The zero-order valence-electron chi connectivity index (χ0n) is 16.8. The van der Waals surface area contributed by atoms with E-state index in [2.05, 4.69) is 15.3 Å². The van der Waals surface area contributed by atoms with E-state index in [0.29, 0.717) is 25.1 Å². The van der Waals surface area contributed by atoms with Crippen molar-refractivity contribution in [2.75, 3.05) is 32.8 Å². The highest BCUT2D eigenvalue weighted by molar-refractivity contribution is 7.98. The molecule has 0 aliphatic carbocycles. The minimum Gasteiger partial charge on any atom is -0.496 e. The first kappa shape index (κ1) is 21.0. The molecule has 0 fully saturated rings. The maximum atomic E-state index is 13.2. The van der Waals surface area contributed by atoms with Crippen molar-refractivity contribution in [3.05, 3.63) is 47.5 Å². The number of amides is 2. The van der Waals surface area contributed by atoms with Crippen molar-refractivity contribution in [2.24, 2.45) is 0 Å². The second-order valence-corrected chi connectivity index (χ2v) is 7.65. The summed E-state index contributed by atoms with van der Waals surface area (Å²) in [6.07, 6.45) is 4.75. The van der Waals surface area contributed by atoms with Crippen LogP contribution in [0.3, 0.4) is 0 Å². The summed E-state index contributed by atoms with van der Waals surface area (Å²) in [4.78, 5) is 34.7. The first-order valence-corrected chi connectivity index (χ1v) is 10.8. The van der Waals surface area contributed by atoms with Crippen LogP contribution in [0.1, 0.15) is 29.4 Å². The van der Waals surface area contributed by atoms with E-state index in [4.69, 9.17) is 9.47 Å². The van der Waals surface area contributed by atoms with Crippen molar-refractivity contribution >= 4 is 23.8 Å². The van der Waals surface area contributed by atoms with Crippen LogP contribution in [0.2, 0.25) is 0 Å².